The zero-order valence-electron chi connectivity index (χ0n) is 8.85. The van der Waals surface area contributed by atoms with E-state index in [4.69, 9.17) is 0 Å². The molecule has 72 valence electrons. The average molecular weight is 170 g/mol. The van der Waals surface area contributed by atoms with Crippen molar-refractivity contribution in [3.8, 4) is 0 Å². The summed E-state index contributed by atoms with van der Waals surface area (Å²) in [5.41, 5.74) is 0.364. The molecule has 0 aromatic heterocycles. The van der Waals surface area contributed by atoms with Crippen LogP contribution in [0, 0.1) is 5.92 Å². The third-order valence-corrected chi connectivity index (χ3v) is 2.73. The summed E-state index contributed by atoms with van der Waals surface area (Å²) >= 11 is 0. The third-order valence-electron chi connectivity index (χ3n) is 2.73. The molecule has 1 fully saturated rings. The molecule has 0 saturated carbocycles. The zero-order valence-corrected chi connectivity index (χ0v) is 8.85. The minimum absolute atomic E-state index is 0.364. The van der Waals surface area contributed by atoms with E-state index in [1.165, 1.54) is 26.1 Å². The lowest BCUT2D eigenvalue weighted by atomic mass is 10.1. The van der Waals surface area contributed by atoms with Crippen molar-refractivity contribution < 1.29 is 0 Å². The van der Waals surface area contributed by atoms with Crippen molar-refractivity contribution in [2.75, 3.05) is 26.7 Å². The lowest BCUT2D eigenvalue weighted by molar-refractivity contribution is 0.168. The van der Waals surface area contributed by atoms with E-state index in [0.717, 1.165) is 5.92 Å². The van der Waals surface area contributed by atoms with Crippen LogP contribution in [0.2, 0.25) is 0 Å². The van der Waals surface area contributed by atoms with E-state index in [2.05, 4.69) is 31.0 Å². The second-order valence-corrected chi connectivity index (χ2v) is 4.83. The van der Waals surface area contributed by atoms with Gasteiger partial charge in [0.05, 0.1) is 0 Å². The van der Waals surface area contributed by atoms with E-state index < -0.39 is 0 Å². The number of nitrogens with zero attached hydrogens (tertiary/aromatic N) is 1. The van der Waals surface area contributed by atoms with Gasteiger partial charge in [-0.25, -0.2) is 0 Å². The van der Waals surface area contributed by atoms with Crippen LogP contribution in [0.3, 0.4) is 0 Å². The highest BCUT2D eigenvalue weighted by molar-refractivity contribution is 4.85. The van der Waals surface area contributed by atoms with Crippen molar-refractivity contribution in [3.05, 3.63) is 0 Å². The van der Waals surface area contributed by atoms with E-state index in [1.54, 1.807) is 0 Å². The van der Waals surface area contributed by atoms with Gasteiger partial charge >= 0.3 is 0 Å². The summed E-state index contributed by atoms with van der Waals surface area (Å²) in [6.07, 6.45) is 1.36. The molecule has 2 heteroatoms. The van der Waals surface area contributed by atoms with Gasteiger partial charge in [-0.15, -0.1) is 0 Å². The van der Waals surface area contributed by atoms with Gasteiger partial charge in [-0.05, 0) is 53.2 Å². The van der Waals surface area contributed by atoms with Crippen molar-refractivity contribution in [1.29, 1.82) is 0 Å². The van der Waals surface area contributed by atoms with Crippen molar-refractivity contribution >= 4 is 0 Å². The molecule has 1 aliphatic heterocycles. The molecule has 0 radical (unpaired) electrons. The molecular formula is C10H22N2. The number of nitrogens with one attached hydrogen (secondary N) is 1. The Balaban J connectivity index is 2.35. The highest BCUT2D eigenvalue weighted by Crippen LogP contribution is 2.23. The zero-order chi connectivity index (χ0) is 9.19. The smallest absolute Gasteiger partial charge is 0.0125 e. The lowest BCUT2D eigenvalue weighted by Gasteiger charge is -2.31. The van der Waals surface area contributed by atoms with Gasteiger partial charge < -0.3 is 5.32 Å². The Hall–Kier alpha value is -0.0800. The van der Waals surface area contributed by atoms with Crippen LogP contribution < -0.4 is 5.32 Å². The van der Waals surface area contributed by atoms with E-state index in [9.17, 15) is 0 Å². The van der Waals surface area contributed by atoms with Gasteiger partial charge in [0, 0.05) is 12.1 Å². The molecule has 2 nitrogen and oxygen atoms in total. The summed E-state index contributed by atoms with van der Waals surface area (Å²) in [5.74, 6) is 0.870. The second kappa shape index (κ2) is 3.75. The fraction of sp³-hybridized carbons (Fsp3) is 1.00. The monoisotopic (exact) mass is 170 g/mol. The molecule has 0 unspecified atom stereocenters. The summed E-state index contributed by atoms with van der Waals surface area (Å²) in [4.78, 5) is 2.58. The molecule has 0 aliphatic carbocycles. The fourth-order valence-electron chi connectivity index (χ4n) is 1.90. The molecule has 1 heterocycles. The first-order valence-electron chi connectivity index (χ1n) is 4.93. The maximum absolute atomic E-state index is 3.25. The predicted octanol–water partition coefficient (Wildman–Crippen LogP) is 1.33. The number of likely N-dealkylation sites (tertiary alicyclic amines) is 1. The standard InChI is InChI=1S/C10H22N2/c1-10(2,3)12-6-5-9(8-12)7-11-4/h9,11H,5-8H2,1-4H3/t9-/m1/s1. The van der Waals surface area contributed by atoms with E-state index in [0.29, 0.717) is 5.54 Å². The highest BCUT2D eigenvalue weighted by Gasteiger charge is 2.29. The summed E-state index contributed by atoms with van der Waals surface area (Å²) in [7, 11) is 2.04. The van der Waals surface area contributed by atoms with Crippen LogP contribution in [0.15, 0.2) is 0 Å². The number of hydrogen-bond donors (Lipinski definition) is 1. The third kappa shape index (κ3) is 2.46. The molecule has 1 N–H and O–H groups in total. The van der Waals surface area contributed by atoms with Crippen molar-refractivity contribution in [2.45, 2.75) is 32.7 Å². The second-order valence-electron chi connectivity index (χ2n) is 4.83. The molecule has 0 spiro atoms. The van der Waals surface area contributed by atoms with Gasteiger partial charge in [0.1, 0.15) is 0 Å². The molecule has 1 atom stereocenters. The summed E-state index contributed by atoms with van der Waals surface area (Å²) in [5, 5.41) is 3.25. The Morgan fingerprint density at radius 3 is 2.50 bits per heavy atom. The molecule has 1 saturated heterocycles. The quantitative estimate of drug-likeness (QED) is 0.672. The molecule has 0 bridgehead atoms. The van der Waals surface area contributed by atoms with Crippen molar-refractivity contribution in [2.24, 2.45) is 5.92 Å². The fourth-order valence-corrected chi connectivity index (χ4v) is 1.90. The van der Waals surface area contributed by atoms with Gasteiger partial charge in [0.15, 0.2) is 0 Å². The van der Waals surface area contributed by atoms with Gasteiger partial charge in [-0.2, -0.15) is 0 Å². The van der Waals surface area contributed by atoms with E-state index in [1.807, 2.05) is 7.05 Å². The maximum Gasteiger partial charge on any atom is 0.0125 e. The molecule has 1 rings (SSSR count). The molecule has 0 aromatic carbocycles. The number of rotatable bonds is 2. The van der Waals surface area contributed by atoms with Crippen LogP contribution in [0.4, 0.5) is 0 Å². The highest BCUT2D eigenvalue weighted by atomic mass is 15.2. The first kappa shape index (κ1) is 10.0. The first-order valence-corrected chi connectivity index (χ1v) is 4.93. The Labute approximate surface area is 76.3 Å². The van der Waals surface area contributed by atoms with E-state index >= 15 is 0 Å². The Kier molecular flexibility index (Phi) is 3.13. The van der Waals surface area contributed by atoms with E-state index in [-0.39, 0.29) is 0 Å². The van der Waals surface area contributed by atoms with Gasteiger partial charge in [0.25, 0.3) is 0 Å². The van der Waals surface area contributed by atoms with Crippen LogP contribution in [0.5, 0.6) is 0 Å². The van der Waals surface area contributed by atoms with Crippen LogP contribution in [0.1, 0.15) is 27.2 Å². The van der Waals surface area contributed by atoms with Gasteiger partial charge in [0.2, 0.25) is 0 Å². The Morgan fingerprint density at radius 1 is 1.42 bits per heavy atom. The Bertz CT molecular complexity index is 137. The molecular weight excluding hydrogens is 148 g/mol. The summed E-state index contributed by atoms with van der Waals surface area (Å²) in [6.45, 7) is 10.6. The first-order chi connectivity index (χ1) is 5.54. The molecule has 0 amide bonds. The minimum Gasteiger partial charge on any atom is -0.319 e. The van der Waals surface area contributed by atoms with Crippen molar-refractivity contribution in [1.82, 2.24) is 10.2 Å². The predicted molar refractivity (Wildman–Crippen MR) is 53.4 cm³/mol. The minimum atomic E-state index is 0.364. The van der Waals surface area contributed by atoms with Crippen LogP contribution in [0.25, 0.3) is 0 Å². The van der Waals surface area contributed by atoms with Gasteiger partial charge in [-0.1, -0.05) is 0 Å². The van der Waals surface area contributed by atoms with Gasteiger partial charge in [-0.3, -0.25) is 4.90 Å². The summed E-state index contributed by atoms with van der Waals surface area (Å²) < 4.78 is 0. The Morgan fingerprint density at radius 2 is 2.08 bits per heavy atom. The average Bonchev–Trinajstić information content (AvgIpc) is 2.35. The maximum atomic E-state index is 3.25. The van der Waals surface area contributed by atoms with Crippen LogP contribution >= 0.6 is 0 Å². The summed E-state index contributed by atoms with van der Waals surface area (Å²) in [6, 6.07) is 0. The largest absolute Gasteiger partial charge is 0.319 e. The number of hydrogen-bond acceptors (Lipinski definition) is 2. The molecule has 0 aromatic rings. The SMILES string of the molecule is CNC[C@H]1CCN(C(C)(C)C)C1. The van der Waals surface area contributed by atoms with Crippen molar-refractivity contribution in [3.63, 3.8) is 0 Å². The molecule has 12 heavy (non-hydrogen) atoms. The van der Waals surface area contributed by atoms with Crippen LogP contribution in [-0.2, 0) is 0 Å². The lowest BCUT2D eigenvalue weighted by Crippen LogP contribution is -2.40. The normalized spacial score (nSPS) is 26.5. The van der Waals surface area contributed by atoms with Crippen LogP contribution in [-0.4, -0.2) is 37.1 Å². The topological polar surface area (TPSA) is 15.3 Å². The molecule has 1 aliphatic rings.